The summed E-state index contributed by atoms with van der Waals surface area (Å²) in [6.07, 6.45) is 5.11. The first-order valence-corrected chi connectivity index (χ1v) is 11.1. The molecule has 0 amide bonds. The van der Waals surface area contributed by atoms with Crippen molar-refractivity contribution < 1.29 is 0 Å². The molecule has 0 spiro atoms. The zero-order valence-electron chi connectivity index (χ0n) is 17.4. The summed E-state index contributed by atoms with van der Waals surface area (Å²) in [5, 5.41) is 8.70. The first kappa shape index (κ1) is 19.9. The maximum atomic E-state index is 8.70. The molecule has 0 saturated carbocycles. The standard InChI is InChI=1S/C25H32N4/c26-14-5-6-15-27-18-20-28(21-19-27)16-7-17-29-24-10-3-1-8-22(24)12-13-23-9-2-4-11-25(23)29/h1-4,8-11H,5-7,12-13,15-21H2. The summed E-state index contributed by atoms with van der Waals surface area (Å²) in [6, 6.07) is 20.1. The number of para-hydroxylation sites is 2. The molecule has 2 aromatic rings. The minimum atomic E-state index is 0.680. The molecule has 2 aromatic carbocycles. The molecule has 152 valence electrons. The normalized spacial score (nSPS) is 17.3. The minimum Gasteiger partial charge on any atom is -0.341 e. The van der Waals surface area contributed by atoms with Gasteiger partial charge in [0.1, 0.15) is 0 Å². The average molecular weight is 389 g/mol. The lowest BCUT2D eigenvalue weighted by atomic mass is 10.0. The molecule has 0 atom stereocenters. The number of nitriles is 1. The Labute approximate surface area is 175 Å². The summed E-state index contributed by atoms with van der Waals surface area (Å²) < 4.78 is 0. The molecule has 4 rings (SSSR count). The number of anilines is 2. The van der Waals surface area contributed by atoms with E-state index in [1.54, 1.807) is 0 Å². The van der Waals surface area contributed by atoms with E-state index in [0.717, 1.165) is 65.1 Å². The van der Waals surface area contributed by atoms with Crippen LogP contribution in [0.1, 0.15) is 30.4 Å². The lowest BCUT2D eigenvalue weighted by Crippen LogP contribution is -2.47. The summed E-state index contributed by atoms with van der Waals surface area (Å²) in [5.41, 5.74) is 5.71. The fraction of sp³-hybridized carbons (Fsp3) is 0.480. The molecule has 0 aliphatic carbocycles. The Morgan fingerprint density at radius 3 is 1.76 bits per heavy atom. The van der Waals surface area contributed by atoms with E-state index in [1.165, 1.54) is 28.9 Å². The van der Waals surface area contributed by atoms with E-state index < -0.39 is 0 Å². The van der Waals surface area contributed by atoms with Crippen molar-refractivity contribution in [3.63, 3.8) is 0 Å². The Balaban J connectivity index is 1.34. The van der Waals surface area contributed by atoms with Crippen LogP contribution in [0.15, 0.2) is 48.5 Å². The van der Waals surface area contributed by atoms with Gasteiger partial charge in [-0.05, 0) is 62.0 Å². The molecule has 1 saturated heterocycles. The van der Waals surface area contributed by atoms with E-state index in [2.05, 4.69) is 69.3 Å². The fourth-order valence-corrected chi connectivity index (χ4v) is 4.68. The van der Waals surface area contributed by atoms with Crippen molar-refractivity contribution in [3.8, 4) is 6.07 Å². The van der Waals surface area contributed by atoms with Gasteiger partial charge in [0, 0.05) is 50.5 Å². The molecule has 0 aromatic heterocycles. The summed E-state index contributed by atoms with van der Waals surface area (Å²) in [6.45, 7) is 7.88. The van der Waals surface area contributed by atoms with Gasteiger partial charge in [0.2, 0.25) is 0 Å². The average Bonchev–Trinajstić information content (AvgIpc) is 2.92. The van der Waals surface area contributed by atoms with Gasteiger partial charge in [0.15, 0.2) is 0 Å². The van der Waals surface area contributed by atoms with Crippen LogP contribution in [0.5, 0.6) is 0 Å². The molecule has 0 unspecified atom stereocenters. The third-order valence-electron chi connectivity index (χ3n) is 6.31. The van der Waals surface area contributed by atoms with Crippen molar-refractivity contribution in [2.24, 2.45) is 0 Å². The molecule has 29 heavy (non-hydrogen) atoms. The van der Waals surface area contributed by atoms with Gasteiger partial charge in [-0.1, -0.05) is 36.4 Å². The highest BCUT2D eigenvalue weighted by atomic mass is 15.3. The van der Waals surface area contributed by atoms with Gasteiger partial charge in [-0.15, -0.1) is 0 Å². The van der Waals surface area contributed by atoms with Gasteiger partial charge in [-0.25, -0.2) is 0 Å². The molecule has 0 bridgehead atoms. The minimum absolute atomic E-state index is 0.680. The molecule has 1 fully saturated rings. The van der Waals surface area contributed by atoms with Crippen molar-refractivity contribution in [2.75, 3.05) is 50.7 Å². The van der Waals surface area contributed by atoms with E-state index in [0.29, 0.717) is 6.42 Å². The predicted octanol–water partition coefficient (Wildman–Crippen LogP) is 4.23. The summed E-state index contributed by atoms with van der Waals surface area (Å²) in [4.78, 5) is 7.67. The lowest BCUT2D eigenvalue weighted by Gasteiger charge is -2.35. The number of aryl methyl sites for hydroxylation is 2. The Hall–Kier alpha value is -2.35. The zero-order valence-corrected chi connectivity index (χ0v) is 17.4. The van der Waals surface area contributed by atoms with Gasteiger partial charge in [0.05, 0.1) is 6.07 Å². The van der Waals surface area contributed by atoms with Crippen molar-refractivity contribution in [1.82, 2.24) is 9.80 Å². The second kappa shape index (κ2) is 9.91. The van der Waals surface area contributed by atoms with E-state index in [-0.39, 0.29) is 0 Å². The van der Waals surface area contributed by atoms with E-state index >= 15 is 0 Å². The summed E-state index contributed by atoms with van der Waals surface area (Å²) in [7, 11) is 0. The van der Waals surface area contributed by atoms with Crippen molar-refractivity contribution >= 4 is 11.4 Å². The SMILES string of the molecule is N#CCCCN1CCN(CCCN2c3ccccc3CCc3ccccc32)CC1. The highest BCUT2D eigenvalue weighted by Crippen LogP contribution is 2.35. The topological polar surface area (TPSA) is 33.5 Å². The van der Waals surface area contributed by atoms with Gasteiger partial charge < -0.3 is 14.7 Å². The molecule has 0 radical (unpaired) electrons. The smallest absolute Gasteiger partial charge is 0.0622 e. The fourth-order valence-electron chi connectivity index (χ4n) is 4.68. The number of nitrogens with zero attached hydrogens (tertiary/aromatic N) is 4. The molecule has 2 aliphatic rings. The first-order chi connectivity index (χ1) is 14.3. The monoisotopic (exact) mass is 388 g/mol. The zero-order chi connectivity index (χ0) is 19.9. The number of hydrogen-bond acceptors (Lipinski definition) is 4. The third-order valence-corrected chi connectivity index (χ3v) is 6.31. The van der Waals surface area contributed by atoms with Crippen LogP contribution in [0, 0.1) is 11.3 Å². The number of rotatable bonds is 7. The van der Waals surface area contributed by atoms with Crippen molar-refractivity contribution in [2.45, 2.75) is 32.1 Å². The van der Waals surface area contributed by atoms with Crippen LogP contribution >= 0.6 is 0 Å². The van der Waals surface area contributed by atoms with Gasteiger partial charge in [0.25, 0.3) is 0 Å². The molecule has 4 nitrogen and oxygen atoms in total. The Kier molecular flexibility index (Phi) is 6.82. The highest BCUT2D eigenvalue weighted by Gasteiger charge is 2.21. The van der Waals surface area contributed by atoms with Crippen LogP contribution < -0.4 is 4.90 Å². The van der Waals surface area contributed by atoms with Crippen LogP contribution in [0.4, 0.5) is 11.4 Å². The molecule has 2 heterocycles. The van der Waals surface area contributed by atoms with E-state index in [1.807, 2.05) is 0 Å². The number of unbranched alkanes of at least 4 members (excludes halogenated alkanes) is 1. The Morgan fingerprint density at radius 1 is 0.690 bits per heavy atom. The number of fused-ring (bicyclic) bond motifs is 2. The number of piperazine rings is 1. The number of benzene rings is 2. The maximum Gasteiger partial charge on any atom is 0.0622 e. The van der Waals surface area contributed by atoms with E-state index in [9.17, 15) is 0 Å². The molecule has 0 N–H and O–H groups in total. The molecule has 2 aliphatic heterocycles. The highest BCUT2D eigenvalue weighted by molar-refractivity contribution is 5.71. The second-order valence-electron chi connectivity index (χ2n) is 8.21. The van der Waals surface area contributed by atoms with Gasteiger partial charge >= 0.3 is 0 Å². The van der Waals surface area contributed by atoms with Crippen LogP contribution in [0.2, 0.25) is 0 Å². The molecular formula is C25H32N4. The Bertz CT molecular complexity index is 785. The largest absolute Gasteiger partial charge is 0.341 e. The summed E-state index contributed by atoms with van der Waals surface area (Å²) in [5.74, 6) is 0. The van der Waals surface area contributed by atoms with Crippen LogP contribution in [-0.4, -0.2) is 55.6 Å². The molecular weight excluding hydrogens is 356 g/mol. The summed E-state index contributed by atoms with van der Waals surface area (Å²) >= 11 is 0. The second-order valence-corrected chi connectivity index (χ2v) is 8.21. The number of hydrogen-bond donors (Lipinski definition) is 0. The van der Waals surface area contributed by atoms with E-state index in [4.69, 9.17) is 5.26 Å². The van der Waals surface area contributed by atoms with Crippen LogP contribution in [-0.2, 0) is 12.8 Å². The quantitative estimate of drug-likeness (QED) is 0.665. The van der Waals surface area contributed by atoms with Crippen molar-refractivity contribution in [1.29, 1.82) is 5.26 Å². The Morgan fingerprint density at radius 2 is 1.21 bits per heavy atom. The van der Waals surface area contributed by atoms with Crippen LogP contribution in [0.3, 0.4) is 0 Å². The third kappa shape index (κ3) is 4.98. The lowest BCUT2D eigenvalue weighted by molar-refractivity contribution is 0.131. The first-order valence-electron chi connectivity index (χ1n) is 11.1. The predicted molar refractivity (Wildman–Crippen MR) is 120 cm³/mol. The van der Waals surface area contributed by atoms with Crippen molar-refractivity contribution in [3.05, 3.63) is 59.7 Å². The van der Waals surface area contributed by atoms with Gasteiger partial charge in [-0.3, -0.25) is 0 Å². The maximum absolute atomic E-state index is 8.70. The van der Waals surface area contributed by atoms with Crippen LogP contribution in [0.25, 0.3) is 0 Å². The molecule has 4 heteroatoms. The van der Waals surface area contributed by atoms with Gasteiger partial charge in [-0.2, -0.15) is 5.26 Å².